The van der Waals surface area contributed by atoms with Gasteiger partial charge in [-0.3, -0.25) is 0 Å². The normalized spacial score (nSPS) is 9.83. The van der Waals surface area contributed by atoms with E-state index in [1.54, 1.807) is 13.8 Å². The molecule has 0 atom stereocenters. The van der Waals surface area contributed by atoms with Crippen molar-refractivity contribution in [2.24, 2.45) is 0 Å². The monoisotopic (exact) mass is 334 g/mol. The summed E-state index contributed by atoms with van der Waals surface area (Å²) in [6, 6.07) is 7.74. The molecule has 0 aliphatic rings. The molecule has 1 N–H and O–H groups in total. The van der Waals surface area contributed by atoms with Gasteiger partial charge in [-0.2, -0.15) is 0 Å². The lowest BCUT2D eigenvalue weighted by molar-refractivity contribution is -0.146. The second kappa shape index (κ2) is 10.3. The van der Waals surface area contributed by atoms with Gasteiger partial charge in [-0.1, -0.05) is 0 Å². The van der Waals surface area contributed by atoms with Gasteiger partial charge in [0.15, 0.2) is 5.57 Å². The van der Waals surface area contributed by atoms with E-state index in [4.69, 9.17) is 9.47 Å². The minimum Gasteiger partial charge on any atom is -0.462 e. The molecule has 0 unspecified atom stereocenters. The molecule has 24 heavy (non-hydrogen) atoms. The maximum Gasteiger partial charge on any atom is 0.347 e. The van der Waals surface area contributed by atoms with Crippen molar-refractivity contribution >= 4 is 23.3 Å². The molecule has 0 aliphatic carbocycles. The van der Waals surface area contributed by atoms with Gasteiger partial charge in [0.05, 0.1) is 13.2 Å². The predicted molar refractivity (Wildman–Crippen MR) is 95.0 cm³/mol. The molecule has 0 radical (unpaired) electrons. The molecule has 6 heteroatoms. The Morgan fingerprint density at radius 1 is 0.958 bits per heavy atom. The lowest BCUT2D eigenvalue weighted by atomic mass is 10.2. The number of benzene rings is 1. The van der Waals surface area contributed by atoms with Crippen LogP contribution in [-0.4, -0.2) is 38.2 Å². The van der Waals surface area contributed by atoms with Crippen LogP contribution in [0.3, 0.4) is 0 Å². The van der Waals surface area contributed by atoms with Gasteiger partial charge in [-0.15, -0.1) is 0 Å². The summed E-state index contributed by atoms with van der Waals surface area (Å²) in [7, 11) is 0. The summed E-state index contributed by atoms with van der Waals surface area (Å²) >= 11 is 0. The standard InChI is InChI=1S/C18H26N2O4/c1-5-20(6-2)15-11-9-14(10-12-15)19-13-16(17(21)23-7-3)18(22)24-8-4/h9-13,19H,5-8H2,1-4H3. The Kier molecular flexibility index (Phi) is 8.39. The van der Waals surface area contributed by atoms with Gasteiger partial charge in [0.25, 0.3) is 0 Å². The summed E-state index contributed by atoms with van der Waals surface area (Å²) in [5, 5.41) is 2.94. The lowest BCUT2D eigenvalue weighted by Gasteiger charge is -2.21. The average Bonchev–Trinajstić information content (AvgIpc) is 2.58. The molecule has 6 nitrogen and oxygen atoms in total. The van der Waals surface area contributed by atoms with Crippen LogP contribution in [0, 0.1) is 0 Å². The topological polar surface area (TPSA) is 67.9 Å². The van der Waals surface area contributed by atoms with E-state index in [9.17, 15) is 9.59 Å². The molecule has 0 heterocycles. The van der Waals surface area contributed by atoms with Gasteiger partial charge in [-0.25, -0.2) is 9.59 Å². The predicted octanol–water partition coefficient (Wildman–Crippen LogP) is 2.95. The van der Waals surface area contributed by atoms with Crippen LogP contribution in [-0.2, 0) is 19.1 Å². The first-order valence-corrected chi connectivity index (χ1v) is 8.23. The van der Waals surface area contributed by atoms with Crippen molar-refractivity contribution < 1.29 is 19.1 Å². The van der Waals surface area contributed by atoms with Crippen molar-refractivity contribution in [2.75, 3.05) is 36.5 Å². The van der Waals surface area contributed by atoms with Gasteiger partial charge in [-0.05, 0) is 52.0 Å². The number of hydrogen-bond donors (Lipinski definition) is 1. The largest absolute Gasteiger partial charge is 0.462 e. The van der Waals surface area contributed by atoms with E-state index in [1.165, 1.54) is 6.20 Å². The Bertz CT molecular complexity index is 543. The number of nitrogens with zero attached hydrogens (tertiary/aromatic N) is 1. The third-order valence-corrected chi connectivity index (χ3v) is 3.37. The molecule has 0 saturated carbocycles. The molecule has 0 saturated heterocycles. The third kappa shape index (κ3) is 5.61. The van der Waals surface area contributed by atoms with Crippen LogP contribution in [0.1, 0.15) is 27.7 Å². The highest BCUT2D eigenvalue weighted by molar-refractivity contribution is 6.14. The molecule has 1 aromatic carbocycles. The summed E-state index contributed by atoms with van der Waals surface area (Å²) in [6.07, 6.45) is 1.32. The molecule has 0 spiro atoms. The van der Waals surface area contributed by atoms with E-state index >= 15 is 0 Å². The highest BCUT2D eigenvalue weighted by atomic mass is 16.6. The van der Waals surface area contributed by atoms with Crippen LogP contribution in [0.2, 0.25) is 0 Å². The zero-order valence-corrected chi connectivity index (χ0v) is 14.8. The summed E-state index contributed by atoms with van der Waals surface area (Å²) in [6.45, 7) is 9.80. The van der Waals surface area contributed by atoms with Crippen LogP contribution in [0.5, 0.6) is 0 Å². The van der Waals surface area contributed by atoms with Crippen molar-refractivity contribution in [1.29, 1.82) is 0 Å². The van der Waals surface area contributed by atoms with Crippen LogP contribution in [0.15, 0.2) is 36.0 Å². The molecule has 1 rings (SSSR count). The molecule has 0 aliphatic heterocycles. The molecular formula is C18H26N2O4. The summed E-state index contributed by atoms with van der Waals surface area (Å²) in [5.41, 5.74) is 1.72. The van der Waals surface area contributed by atoms with Crippen molar-refractivity contribution in [3.05, 3.63) is 36.0 Å². The Labute approximate surface area is 143 Å². The Morgan fingerprint density at radius 2 is 1.46 bits per heavy atom. The fourth-order valence-electron chi connectivity index (χ4n) is 2.13. The second-order valence-corrected chi connectivity index (χ2v) is 4.86. The zero-order valence-electron chi connectivity index (χ0n) is 14.8. The van der Waals surface area contributed by atoms with Gasteiger partial charge in [0, 0.05) is 30.7 Å². The smallest absolute Gasteiger partial charge is 0.347 e. The lowest BCUT2D eigenvalue weighted by Crippen LogP contribution is -2.21. The van der Waals surface area contributed by atoms with Crippen molar-refractivity contribution in [1.82, 2.24) is 0 Å². The molecule has 0 bridgehead atoms. The van der Waals surface area contributed by atoms with E-state index in [2.05, 4.69) is 24.1 Å². The van der Waals surface area contributed by atoms with Gasteiger partial charge in [0.2, 0.25) is 0 Å². The van der Waals surface area contributed by atoms with E-state index in [1.807, 2.05) is 24.3 Å². The molecular weight excluding hydrogens is 308 g/mol. The Morgan fingerprint density at radius 3 is 1.88 bits per heavy atom. The van der Waals surface area contributed by atoms with E-state index in [0.717, 1.165) is 24.5 Å². The first kappa shape index (κ1) is 19.5. The average molecular weight is 334 g/mol. The molecule has 132 valence electrons. The number of hydrogen-bond acceptors (Lipinski definition) is 6. The highest BCUT2D eigenvalue weighted by Gasteiger charge is 2.20. The zero-order chi connectivity index (χ0) is 17.9. The molecule has 0 amide bonds. The number of esters is 2. The summed E-state index contributed by atoms with van der Waals surface area (Å²) in [5.74, 6) is -1.41. The minimum atomic E-state index is -0.705. The minimum absolute atomic E-state index is 0.161. The molecule has 0 fully saturated rings. The van der Waals surface area contributed by atoms with Crippen molar-refractivity contribution in [3.8, 4) is 0 Å². The number of anilines is 2. The first-order chi connectivity index (χ1) is 11.6. The van der Waals surface area contributed by atoms with E-state index in [0.29, 0.717) is 0 Å². The second-order valence-electron chi connectivity index (χ2n) is 4.86. The summed E-state index contributed by atoms with van der Waals surface area (Å²) in [4.78, 5) is 26.0. The number of rotatable bonds is 9. The fourth-order valence-corrected chi connectivity index (χ4v) is 2.13. The number of carbonyl (C=O) groups excluding carboxylic acids is 2. The van der Waals surface area contributed by atoms with Crippen LogP contribution in [0.25, 0.3) is 0 Å². The molecule has 0 aromatic heterocycles. The Balaban J connectivity index is 2.88. The van der Waals surface area contributed by atoms with Crippen LogP contribution >= 0.6 is 0 Å². The first-order valence-electron chi connectivity index (χ1n) is 8.23. The van der Waals surface area contributed by atoms with Gasteiger partial charge >= 0.3 is 11.9 Å². The SMILES string of the molecule is CCOC(=O)C(=CNc1ccc(N(CC)CC)cc1)C(=O)OCC. The van der Waals surface area contributed by atoms with Crippen LogP contribution < -0.4 is 10.2 Å². The fraction of sp³-hybridized carbons (Fsp3) is 0.444. The van der Waals surface area contributed by atoms with Gasteiger partial charge in [0.1, 0.15) is 0 Å². The van der Waals surface area contributed by atoms with Gasteiger partial charge < -0.3 is 19.7 Å². The quantitative estimate of drug-likeness (QED) is 0.324. The van der Waals surface area contributed by atoms with E-state index in [-0.39, 0.29) is 18.8 Å². The number of ether oxygens (including phenoxy) is 2. The summed E-state index contributed by atoms with van der Waals surface area (Å²) < 4.78 is 9.77. The Hall–Kier alpha value is -2.50. The maximum atomic E-state index is 11.9. The molecule has 1 aromatic rings. The van der Waals surface area contributed by atoms with E-state index < -0.39 is 11.9 Å². The van der Waals surface area contributed by atoms with Crippen molar-refractivity contribution in [3.63, 3.8) is 0 Å². The van der Waals surface area contributed by atoms with Crippen LogP contribution in [0.4, 0.5) is 11.4 Å². The highest BCUT2D eigenvalue weighted by Crippen LogP contribution is 2.18. The van der Waals surface area contributed by atoms with Crippen molar-refractivity contribution in [2.45, 2.75) is 27.7 Å². The maximum absolute atomic E-state index is 11.9. The number of nitrogens with one attached hydrogen (secondary N) is 1. The number of carbonyl (C=O) groups is 2. The third-order valence-electron chi connectivity index (χ3n) is 3.37.